The van der Waals surface area contributed by atoms with Crippen LogP contribution in [0.3, 0.4) is 0 Å². The molecule has 5 heteroatoms. The monoisotopic (exact) mass is 290 g/mol. The van der Waals surface area contributed by atoms with Crippen molar-refractivity contribution in [3.8, 4) is 0 Å². The number of hydrogen-bond acceptors (Lipinski definition) is 3. The summed E-state index contributed by atoms with van der Waals surface area (Å²) in [6.07, 6.45) is 0.686. The molecule has 15 heavy (non-hydrogen) atoms. The fourth-order valence-corrected chi connectivity index (χ4v) is 2.42. The molecule has 0 aliphatic heterocycles. The molecule has 0 atom stereocenters. The van der Waals surface area contributed by atoms with Crippen molar-refractivity contribution in [3.05, 3.63) is 15.9 Å². The van der Waals surface area contributed by atoms with Crippen molar-refractivity contribution in [2.45, 2.75) is 20.3 Å². The SMILES string of the molecule is CC(C)(CCN)C(=O)Nc1ccc(Br)s1. The van der Waals surface area contributed by atoms with Crippen molar-refractivity contribution >= 4 is 38.2 Å². The number of thiophene rings is 1. The molecule has 3 N–H and O–H groups in total. The molecule has 1 heterocycles. The van der Waals surface area contributed by atoms with E-state index in [4.69, 9.17) is 5.73 Å². The van der Waals surface area contributed by atoms with Crippen molar-refractivity contribution in [2.24, 2.45) is 11.1 Å². The lowest BCUT2D eigenvalue weighted by Crippen LogP contribution is -2.32. The molecule has 0 saturated carbocycles. The molecule has 1 aromatic heterocycles. The number of rotatable bonds is 4. The number of anilines is 1. The van der Waals surface area contributed by atoms with E-state index in [0.717, 1.165) is 8.79 Å². The van der Waals surface area contributed by atoms with E-state index in [0.29, 0.717) is 13.0 Å². The Morgan fingerprint density at radius 2 is 2.27 bits per heavy atom. The summed E-state index contributed by atoms with van der Waals surface area (Å²) in [5.74, 6) is 0.0160. The maximum absolute atomic E-state index is 11.9. The predicted molar refractivity (Wildman–Crippen MR) is 68.1 cm³/mol. The van der Waals surface area contributed by atoms with Crippen LogP contribution in [0.15, 0.2) is 15.9 Å². The first-order chi connectivity index (χ1) is 6.95. The zero-order valence-electron chi connectivity index (χ0n) is 8.84. The van der Waals surface area contributed by atoms with Gasteiger partial charge in [0.05, 0.1) is 8.79 Å². The number of nitrogens with one attached hydrogen (secondary N) is 1. The van der Waals surface area contributed by atoms with Gasteiger partial charge in [0.2, 0.25) is 5.91 Å². The second-order valence-corrected chi connectivity index (χ2v) is 6.44. The molecule has 0 aliphatic rings. The van der Waals surface area contributed by atoms with Crippen LogP contribution < -0.4 is 11.1 Å². The minimum atomic E-state index is -0.411. The van der Waals surface area contributed by atoms with E-state index in [1.807, 2.05) is 26.0 Å². The summed E-state index contributed by atoms with van der Waals surface area (Å²) in [6, 6.07) is 3.79. The highest BCUT2D eigenvalue weighted by molar-refractivity contribution is 9.11. The highest BCUT2D eigenvalue weighted by Crippen LogP contribution is 2.29. The molecule has 0 bridgehead atoms. The average molecular weight is 291 g/mol. The van der Waals surface area contributed by atoms with Crippen LogP contribution in [-0.2, 0) is 4.79 Å². The Labute approximate surface area is 102 Å². The predicted octanol–water partition coefficient (Wildman–Crippen LogP) is 2.82. The van der Waals surface area contributed by atoms with Crippen LogP contribution in [0, 0.1) is 5.41 Å². The Kier molecular flexibility index (Phi) is 4.31. The van der Waals surface area contributed by atoms with E-state index < -0.39 is 5.41 Å². The Hall–Kier alpha value is -0.390. The summed E-state index contributed by atoms with van der Waals surface area (Å²) in [5.41, 5.74) is 5.05. The maximum Gasteiger partial charge on any atom is 0.230 e. The standard InChI is InChI=1S/C10H15BrN2OS/c1-10(2,5-6-12)9(14)13-8-4-3-7(11)15-8/h3-4H,5-6,12H2,1-2H3,(H,13,14). The lowest BCUT2D eigenvalue weighted by Gasteiger charge is -2.22. The second kappa shape index (κ2) is 5.09. The molecule has 1 amide bonds. The zero-order chi connectivity index (χ0) is 11.5. The molecule has 0 spiro atoms. The van der Waals surface area contributed by atoms with Crippen LogP contribution >= 0.6 is 27.3 Å². The van der Waals surface area contributed by atoms with Gasteiger partial charge in [-0.1, -0.05) is 13.8 Å². The molecular formula is C10H15BrN2OS. The Balaban J connectivity index is 2.63. The number of hydrogen-bond donors (Lipinski definition) is 2. The number of carbonyl (C=O) groups excluding carboxylic acids is 1. The number of nitrogens with two attached hydrogens (primary N) is 1. The Bertz CT molecular complexity index is 349. The van der Waals surface area contributed by atoms with E-state index in [1.165, 1.54) is 11.3 Å². The smallest absolute Gasteiger partial charge is 0.230 e. The lowest BCUT2D eigenvalue weighted by atomic mass is 9.88. The molecule has 0 aromatic carbocycles. The summed E-state index contributed by atoms with van der Waals surface area (Å²) in [6.45, 7) is 4.32. The summed E-state index contributed by atoms with van der Waals surface area (Å²) >= 11 is 4.85. The minimum absolute atomic E-state index is 0.0160. The van der Waals surface area contributed by atoms with Crippen LogP contribution in [-0.4, -0.2) is 12.5 Å². The molecule has 0 fully saturated rings. The van der Waals surface area contributed by atoms with Gasteiger partial charge in [0.1, 0.15) is 0 Å². The van der Waals surface area contributed by atoms with Gasteiger partial charge in [-0.3, -0.25) is 4.79 Å². The van der Waals surface area contributed by atoms with Gasteiger partial charge >= 0.3 is 0 Å². The molecule has 0 aliphatic carbocycles. The number of halogens is 1. The summed E-state index contributed by atoms with van der Waals surface area (Å²) in [7, 11) is 0. The average Bonchev–Trinajstić information content (AvgIpc) is 2.51. The first-order valence-corrected chi connectivity index (χ1v) is 6.33. The third-order valence-corrected chi connectivity index (χ3v) is 3.73. The van der Waals surface area contributed by atoms with Gasteiger partial charge in [0.25, 0.3) is 0 Å². The first kappa shape index (κ1) is 12.7. The summed E-state index contributed by atoms with van der Waals surface area (Å²) in [4.78, 5) is 11.9. The van der Waals surface area contributed by atoms with Crippen molar-refractivity contribution in [2.75, 3.05) is 11.9 Å². The van der Waals surface area contributed by atoms with Gasteiger partial charge in [0, 0.05) is 5.41 Å². The van der Waals surface area contributed by atoms with Gasteiger partial charge in [-0.15, -0.1) is 11.3 Å². The molecular weight excluding hydrogens is 276 g/mol. The van der Waals surface area contributed by atoms with Gasteiger partial charge < -0.3 is 11.1 Å². The molecule has 0 radical (unpaired) electrons. The Morgan fingerprint density at radius 3 is 2.73 bits per heavy atom. The Morgan fingerprint density at radius 1 is 1.60 bits per heavy atom. The van der Waals surface area contributed by atoms with Crippen LogP contribution in [0.1, 0.15) is 20.3 Å². The maximum atomic E-state index is 11.9. The van der Waals surface area contributed by atoms with Crippen LogP contribution in [0.4, 0.5) is 5.00 Å². The van der Waals surface area contributed by atoms with Gasteiger partial charge in [-0.25, -0.2) is 0 Å². The van der Waals surface area contributed by atoms with Crippen LogP contribution in [0.5, 0.6) is 0 Å². The molecule has 1 rings (SSSR count). The third-order valence-electron chi connectivity index (χ3n) is 2.19. The summed E-state index contributed by atoms with van der Waals surface area (Å²) in [5, 5.41) is 3.74. The van der Waals surface area contributed by atoms with Crippen LogP contribution in [0.25, 0.3) is 0 Å². The zero-order valence-corrected chi connectivity index (χ0v) is 11.2. The van der Waals surface area contributed by atoms with Gasteiger partial charge in [0.15, 0.2) is 0 Å². The van der Waals surface area contributed by atoms with Crippen LogP contribution in [0.2, 0.25) is 0 Å². The molecule has 0 saturated heterocycles. The third kappa shape index (κ3) is 3.59. The minimum Gasteiger partial charge on any atom is -0.330 e. The largest absolute Gasteiger partial charge is 0.330 e. The quantitative estimate of drug-likeness (QED) is 0.896. The van der Waals surface area contributed by atoms with E-state index in [2.05, 4.69) is 21.2 Å². The first-order valence-electron chi connectivity index (χ1n) is 4.72. The van der Waals surface area contributed by atoms with Crippen molar-refractivity contribution in [3.63, 3.8) is 0 Å². The molecule has 3 nitrogen and oxygen atoms in total. The van der Waals surface area contributed by atoms with Crippen molar-refractivity contribution in [1.82, 2.24) is 0 Å². The number of amides is 1. The fraction of sp³-hybridized carbons (Fsp3) is 0.500. The second-order valence-electron chi connectivity index (χ2n) is 3.98. The molecule has 84 valence electrons. The van der Waals surface area contributed by atoms with E-state index in [1.54, 1.807) is 0 Å². The lowest BCUT2D eigenvalue weighted by molar-refractivity contribution is -0.124. The van der Waals surface area contributed by atoms with E-state index in [-0.39, 0.29) is 5.91 Å². The highest BCUT2D eigenvalue weighted by atomic mass is 79.9. The molecule has 0 unspecified atom stereocenters. The topological polar surface area (TPSA) is 55.1 Å². The highest BCUT2D eigenvalue weighted by Gasteiger charge is 2.26. The number of carbonyl (C=O) groups is 1. The van der Waals surface area contributed by atoms with Gasteiger partial charge in [-0.2, -0.15) is 0 Å². The molecule has 1 aromatic rings. The van der Waals surface area contributed by atoms with E-state index in [9.17, 15) is 4.79 Å². The van der Waals surface area contributed by atoms with Gasteiger partial charge in [-0.05, 0) is 41.0 Å². The van der Waals surface area contributed by atoms with E-state index >= 15 is 0 Å². The summed E-state index contributed by atoms with van der Waals surface area (Å²) < 4.78 is 1.01. The van der Waals surface area contributed by atoms with Crippen molar-refractivity contribution in [1.29, 1.82) is 0 Å². The normalized spacial score (nSPS) is 11.5. The fourth-order valence-electron chi connectivity index (χ4n) is 1.14. The van der Waals surface area contributed by atoms with Crippen molar-refractivity contribution < 1.29 is 4.79 Å².